The number of hydrogen-bond donors (Lipinski definition) is 0. The van der Waals surface area contributed by atoms with Crippen molar-refractivity contribution in [1.82, 2.24) is 4.57 Å². The standard InChI is InChI=1S/C16H11NO/c1-3-7-14-12(5-1)11-15-13-6-2-4-8-16(13)18-10-9-17(14)15/h1-11H. The van der Waals surface area contributed by atoms with Crippen molar-refractivity contribution in [3.8, 4) is 17.0 Å². The number of fused-ring (bicyclic) bond motifs is 5. The van der Waals surface area contributed by atoms with E-state index in [0.717, 1.165) is 11.3 Å². The molecule has 0 saturated heterocycles. The van der Waals surface area contributed by atoms with Crippen LogP contribution in [-0.4, -0.2) is 4.57 Å². The van der Waals surface area contributed by atoms with Crippen LogP contribution in [0.3, 0.4) is 0 Å². The van der Waals surface area contributed by atoms with Gasteiger partial charge < -0.3 is 9.30 Å². The summed E-state index contributed by atoms with van der Waals surface area (Å²) >= 11 is 0. The van der Waals surface area contributed by atoms with Gasteiger partial charge in [-0.2, -0.15) is 0 Å². The van der Waals surface area contributed by atoms with E-state index >= 15 is 0 Å². The van der Waals surface area contributed by atoms with Gasteiger partial charge in [0.05, 0.1) is 11.2 Å². The summed E-state index contributed by atoms with van der Waals surface area (Å²) in [5.41, 5.74) is 3.49. The molecule has 2 nitrogen and oxygen atoms in total. The van der Waals surface area contributed by atoms with E-state index < -0.39 is 0 Å². The van der Waals surface area contributed by atoms with Crippen LogP contribution in [0.25, 0.3) is 28.4 Å². The lowest BCUT2D eigenvalue weighted by atomic mass is 10.1. The van der Waals surface area contributed by atoms with E-state index in [9.17, 15) is 0 Å². The monoisotopic (exact) mass is 233 g/mol. The predicted molar refractivity (Wildman–Crippen MR) is 73.3 cm³/mol. The molecule has 1 aromatic heterocycles. The summed E-state index contributed by atoms with van der Waals surface area (Å²) in [6.07, 6.45) is 3.71. The first kappa shape index (κ1) is 9.54. The molecule has 0 fully saturated rings. The topological polar surface area (TPSA) is 14.2 Å². The second kappa shape index (κ2) is 3.50. The van der Waals surface area contributed by atoms with Gasteiger partial charge >= 0.3 is 0 Å². The molecular weight excluding hydrogens is 222 g/mol. The highest BCUT2D eigenvalue weighted by Gasteiger charge is 2.14. The molecule has 0 aliphatic carbocycles. The van der Waals surface area contributed by atoms with E-state index in [4.69, 9.17) is 4.74 Å². The molecule has 2 heteroatoms. The van der Waals surface area contributed by atoms with E-state index in [1.165, 1.54) is 16.6 Å². The lowest BCUT2D eigenvalue weighted by molar-refractivity contribution is 0.487. The Bertz CT molecular complexity index is 768. The third-order valence-corrected chi connectivity index (χ3v) is 3.32. The Kier molecular flexibility index (Phi) is 1.86. The normalized spacial score (nSPS) is 12.7. The SMILES string of the molecule is C1=Cn2c(cc3ccccc32)-c2ccccc2O1. The number of hydrogen-bond acceptors (Lipinski definition) is 1. The molecule has 0 saturated carbocycles. The maximum Gasteiger partial charge on any atom is 0.135 e. The van der Waals surface area contributed by atoms with Crippen molar-refractivity contribution in [3.63, 3.8) is 0 Å². The zero-order chi connectivity index (χ0) is 11.9. The molecule has 4 rings (SSSR count). The average Bonchev–Trinajstić information content (AvgIpc) is 2.69. The zero-order valence-electron chi connectivity index (χ0n) is 9.71. The number of nitrogens with zero attached hydrogens (tertiary/aromatic N) is 1. The van der Waals surface area contributed by atoms with Gasteiger partial charge in [-0.25, -0.2) is 0 Å². The second-order valence-electron chi connectivity index (χ2n) is 4.36. The van der Waals surface area contributed by atoms with Gasteiger partial charge in [-0.3, -0.25) is 0 Å². The van der Waals surface area contributed by atoms with Gasteiger partial charge in [0.1, 0.15) is 12.0 Å². The van der Waals surface area contributed by atoms with Crippen molar-refractivity contribution in [2.24, 2.45) is 0 Å². The number of rotatable bonds is 0. The second-order valence-corrected chi connectivity index (χ2v) is 4.36. The molecule has 0 radical (unpaired) electrons. The lowest BCUT2D eigenvalue weighted by Gasteiger charge is -2.05. The number of benzene rings is 2. The quantitative estimate of drug-likeness (QED) is 0.569. The molecule has 2 heterocycles. The van der Waals surface area contributed by atoms with E-state index in [1.807, 2.05) is 24.4 Å². The predicted octanol–water partition coefficient (Wildman–Crippen LogP) is 4.13. The molecule has 0 N–H and O–H groups in total. The van der Waals surface area contributed by atoms with E-state index in [-0.39, 0.29) is 0 Å². The molecule has 1 aliphatic heterocycles. The summed E-state index contributed by atoms with van der Waals surface area (Å²) in [5.74, 6) is 0.898. The first-order valence-corrected chi connectivity index (χ1v) is 5.96. The summed E-state index contributed by atoms with van der Waals surface area (Å²) in [6.45, 7) is 0. The van der Waals surface area contributed by atoms with Gasteiger partial charge in [0.15, 0.2) is 0 Å². The van der Waals surface area contributed by atoms with Gasteiger partial charge in [-0.15, -0.1) is 0 Å². The van der Waals surface area contributed by atoms with Gasteiger partial charge in [0.2, 0.25) is 0 Å². The molecule has 3 aromatic rings. The molecule has 1 aliphatic rings. The molecule has 18 heavy (non-hydrogen) atoms. The van der Waals surface area contributed by atoms with Crippen molar-refractivity contribution in [2.75, 3.05) is 0 Å². The van der Waals surface area contributed by atoms with Crippen molar-refractivity contribution in [1.29, 1.82) is 0 Å². The molecule has 0 unspecified atom stereocenters. The van der Waals surface area contributed by atoms with Gasteiger partial charge in [0.25, 0.3) is 0 Å². The highest BCUT2D eigenvalue weighted by Crippen LogP contribution is 2.36. The minimum atomic E-state index is 0.898. The van der Waals surface area contributed by atoms with Crippen LogP contribution in [0.1, 0.15) is 0 Å². The van der Waals surface area contributed by atoms with E-state index in [2.05, 4.69) is 41.0 Å². The summed E-state index contributed by atoms with van der Waals surface area (Å²) in [4.78, 5) is 0. The van der Waals surface area contributed by atoms with Crippen LogP contribution in [0.15, 0.2) is 60.9 Å². The van der Waals surface area contributed by atoms with Crippen LogP contribution in [0.5, 0.6) is 5.75 Å². The minimum absolute atomic E-state index is 0.898. The number of para-hydroxylation sites is 2. The van der Waals surface area contributed by atoms with Crippen molar-refractivity contribution in [2.45, 2.75) is 0 Å². The van der Waals surface area contributed by atoms with E-state index in [0.29, 0.717) is 0 Å². The smallest absolute Gasteiger partial charge is 0.135 e. The summed E-state index contributed by atoms with van der Waals surface area (Å²) in [5, 5.41) is 1.24. The average molecular weight is 233 g/mol. The molecule has 86 valence electrons. The fourth-order valence-electron chi connectivity index (χ4n) is 2.49. The van der Waals surface area contributed by atoms with Crippen molar-refractivity contribution < 1.29 is 4.74 Å². The molecule has 0 amide bonds. The Balaban J connectivity index is 2.14. The zero-order valence-corrected chi connectivity index (χ0v) is 9.71. The first-order chi connectivity index (χ1) is 8.93. The van der Waals surface area contributed by atoms with Gasteiger partial charge in [-0.1, -0.05) is 30.3 Å². The summed E-state index contributed by atoms with van der Waals surface area (Å²) < 4.78 is 7.80. The third kappa shape index (κ3) is 1.23. The Labute approximate surface area is 105 Å². The molecule has 0 spiro atoms. The Morgan fingerprint density at radius 1 is 0.889 bits per heavy atom. The van der Waals surface area contributed by atoms with Crippen LogP contribution >= 0.6 is 0 Å². The Morgan fingerprint density at radius 3 is 2.72 bits per heavy atom. The van der Waals surface area contributed by atoms with Crippen LogP contribution in [0.4, 0.5) is 0 Å². The fraction of sp³-hybridized carbons (Fsp3) is 0. The third-order valence-electron chi connectivity index (χ3n) is 3.32. The molecule has 0 bridgehead atoms. The van der Waals surface area contributed by atoms with Crippen LogP contribution in [0.2, 0.25) is 0 Å². The van der Waals surface area contributed by atoms with Gasteiger partial charge in [0, 0.05) is 17.1 Å². The molecule has 2 aromatic carbocycles. The van der Waals surface area contributed by atoms with Crippen molar-refractivity contribution in [3.05, 3.63) is 60.9 Å². The number of ether oxygens (including phenoxy) is 1. The summed E-state index contributed by atoms with van der Waals surface area (Å²) in [7, 11) is 0. The van der Waals surface area contributed by atoms with Crippen LogP contribution < -0.4 is 4.74 Å². The minimum Gasteiger partial charge on any atom is -0.463 e. The largest absolute Gasteiger partial charge is 0.463 e. The highest BCUT2D eigenvalue weighted by molar-refractivity contribution is 5.90. The Hall–Kier alpha value is -2.48. The van der Waals surface area contributed by atoms with Crippen molar-refractivity contribution >= 4 is 17.1 Å². The van der Waals surface area contributed by atoms with Crippen LogP contribution in [0, 0.1) is 0 Å². The molecular formula is C16H11NO. The van der Waals surface area contributed by atoms with Gasteiger partial charge in [-0.05, 0) is 24.3 Å². The maximum absolute atomic E-state index is 5.64. The molecule has 0 atom stereocenters. The van der Waals surface area contributed by atoms with E-state index in [1.54, 1.807) is 6.26 Å². The Morgan fingerprint density at radius 2 is 1.72 bits per heavy atom. The fourth-order valence-corrected chi connectivity index (χ4v) is 2.49. The summed E-state index contributed by atoms with van der Waals surface area (Å²) in [6, 6.07) is 18.7. The number of aromatic nitrogens is 1. The highest BCUT2D eigenvalue weighted by atomic mass is 16.5. The lowest BCUT2D eigenvalue weighted by Crippen LogP contribution is -1.87. The maximum atomic E-state index is 5.64. The first-order valence-electron chi connectivity index (χ1n) is 5.96. The van der Waals surface area contributed by atoms with Crippen LogP contribution in [-0.2, 0) is 0 Å².